The zero-order valence-corrected chi connectivity index (χ0v) is 10.7. The van der Waals surface area contributed by atoms with Crippen LogP contribution in [0.15, 0.2) is 12.7 Å². The molecule has 0 radical (unpaired) electrons. The van der Waals surface area contributed by atoms with Crippen molar-refractivity contribution in [2.45, 2.75) is 64.5 Å². The van der Waals surface area contributed by atoms with E-state index in [1.165, 1.54) is 0 Å². The molecule has 15 heavy (non-hydrogen) atoms. The Morgan fingerprint density at radius 1 is 1.33 bits per heavy atom. The SMILES string of the molecule is C=CCC(C)B1OC(C)(C)C(C)(CC)O1. The van der Waals surface area contributed by atoms with Gasteiger partial charge < -0.3 is 9.31 Å². The Kier molecular flexibility index (Phi) is 3.67. The van der Waals surface area contributed by atoms with Crippen LogP contribution in [0.5, 0.6) is 0 Å². The summed E-state index contributed by atoms with van der Waals surface area (Å²) >= 11 is 0. The van der Waals surface area contributed by atoms with E-state index >= 15 is 0 Å². The molecule has 2 unspecified atom stereocenters. The number of allylic oxidation sites excluding steroid dienone is 1. The first-order valence-corrected chi connectivity index (χ1v) is 5.83. The van der Waals surface area contributed by atoms with Crippen molar-refractivity contribution in [1.29, 1.82) is 0 Å². The summed E-state index contributed by atoms with van der Waals surface area (Å²) in [6.07, 6.45) is 3.82. The molecule has 0 bridgehead atoms. The van der Waals surface area contributed by atoms with E-state index in [2.05, 4.69) is 41.2 Å². The maximum absolute atomic E-state index is 6.06. The van der Waals surface area contributed by atoms with Gasteiger partial charge in [0.2, 0.25) is 0 Å². The van der Waals surface area contributed by atoms with Crippen LogP contribution >= 0.6 is 0 Å². The average Bonchev–Trinajstić information content (AvgIpc) is 2.39. The lowest BCUT2D eigenvalue weighted by atomic mass is 9.71. The topological polar surface area (TPSA) is 18.5 Å². The van der Waals surface area contributed by atoms with Crippen LogP contribution in [0.1, 0.15) is 47.5 Å². The van der Waals surface area contributed by atoms with Crippen molar-refractivity contribution < 1.29 is 9.31 Å². The van der Waals surface area contributed by atoms with Gasteiger partial charge in [-0.25, -0.2) is 0 Å². The molecule has 1 saturated heterocycles. The highest BCUT2D eigenvalue weighted by atomic mass is 16.7. The van der Waals surface area contributed by atoms with Crippen molar-refractivity contribution in [1.82, 2.24) is 0 Å². The lowest BCUT2D eigenvalue weighted by molar-refractivity contribution is -0.0119. The lowest BCUT2D eigenvalue weighted by Gasteiger charge is -2.35. The Hall–Kier alpha value is -0.275. The number of rotatable bonds is 4. The molecule has 0 spiro atoms. The minimum absolute atomic E-state index is 0.0945. The molecule has 0 N–H and O–H groups in total. The van der Waals surface area contributed by atoms with Crippen LogP contribution in [-0.4, -0.2) is 18.3 Å². The van der Waals surface area contributed by atoms with Crippen molar-refractivity contribution in [2.75, 3.05) is 0 Å². The van der Waals surface area contributed by atoms with E-state index in [9.17, 15) is 0 Å². The summed E-state index contributed by atoms with van der Waals surface area (Å²) in [7, 11) is -0.0945. The second-order valence-corrected chi connectivity index (χ2v) is 5.20. The summed E-state index contributed by atoms with van der Waals surface area (Å²) in [6.45, 7) is 14.4. The molecular formula is C12H23BO2. The summed E-state index contributed by atoms with van der Waals surface area (Å²) in [4.78, 5) is 0. The van der Waals surface area contributed by atoms with E-state index in [0.29, 0.717) is 5.82 Å². The zero-order chi connectivity index (χ0) is 11.7. The van der Waals surface area contributed by atoms with Gasteiger partial charge in [-0.1, -0.05) is 19.9 Å². The van der Waals surface area contributed by atoms with Crippen LogP contribution in [0.2, 0.25) is 5.82 Å². The van der Waals surface area contributed by atoms with Gasteiger partial charge in [0.1, 0.15) is 0 Å². The van der Waals surface area contributed by atoms with Crippen LogP contribution in [-0.2, 0) is 9.31 Å². The van der Waals surface area contributed by atoms with Gasteiger partial charge in [-0.3, -0.25) is 0 Å². The quantitative estimate of drug-likeness (QED) is 0.522. The first kappa shape index (κ1) is 12.8. The standard InChI is InChI=1S/C12H23BO2/c1-7-9-10(3)13-14-11(4,5)12(6,8-2)15-13/h7,10H,1,8-9H2,2-6H3. The van der Waals surface area contributed by atoms with E-state index in [0.717, 1.165) is 12.8 Å². The first-order chi connectivity index (χ1) is 6.86. The second-order valence-electron chi connectivity index (χ2n) is 5.20. The van der Waals surface area contributed by atoms with Crippen molar-refractivity contribution in [2.24, 2.45) is 0 Å². The monoisotopic (exact) mass is 210 g/mol. The van der Waals surface area contributed by atoms with Crippen molar-refractivity contribution >= 4 is 7.12 Å². The number of hydrogen-bond acceptors (Lipinski definition) is 2. The minimum atomic E-state index is -0.207. The third kappa shape index (κ3) is 2.29. The normalized spacial score (nSPS) is 31.7. The van der Waals surface area contributed by atoms with Crippen molar-refractivity contribution in [3.8, 4) is 0 Å². The summed E-state index contributed by atoms with van der Waals surface area (Å²) in [5.74, 6) is 0.371. The molecule has 1 heterocycles. The van der Waals surface area contributed by atoms with Crippen LogP contribution in [0.4, 0.5) is 0 Å². The highest BCUT2D eigenvalue weighted by molar-refractivity contribution is 6.47. The minimum Gasteiger partial charge on any atom is -0.403 e. The van der Waals surface area contributed by atoms with Crippen LogP contribution < -0.4 is 0 Å². The molecule has 1 fully saturated rings. The fraction of sp³-hybridized carbons (Fsp3) is 0.833. The lowest BCUT2D eigenvalue weighted by Crippen LogP contribution is -2.44. The molecule has 1 aliphatic heterocycles. The zero-order valence-electron chi connectivity index (χ0n) is 10.7. The maximum atomic E-state index is 6.06. The molecule has 0 aliphatic carbocycles. The predicted octanol–water partition coefficient (Wildman–Crippen LogP) is 3.43. The molecule has 2 nitrogen and oxygen atoms in total. The molecule has 0 aromatic carbocycles. The molecular weight excluding hydrogens is 187 g/mol. The van der Waals surface area contributed by atoms with Crippen LogP contribution in [0, 0.1) is 0 Å². The molecule has 0 amide bonds. The molecule has 86 valence electrons. The van der Waals surface area contributed by atoms with E-state index in [1.807, 2.05) is 6.08 Å². The summed E-state index contributed by atoms with van der Waals surface area (Å²) in [5, 5.41) is 0. The van der Waals surface area contributed by atoms with E-state index in [4.69, 9.17) is 9.31 Å². The van der Waals surface area contributed by atoms with Gasteiger partial charge >= 0.3 is 7.12 Å². The highest BCUT2D eigenvalue weighted by Gasteiger charge is 2.54. The summed E-state index contributed by atoms with van der Waals surface area (Å²) in [5.41, 5.74) is -0.380. The largest absolute Gasteiger partial charge is 0.461 e. The first-order valence-electron chi connectivity index (χ1n) is 5.83. The smallest absolute Gasteiger partial charge is 0.403 e. The fourth-order valence-electron chi connectivity index (χ4n) is 1.95. The summed E-state index contributed by atoms with van der Waals surface area (Å²) < 4.78 is 12.1. The van der Waals surface area contributed by atoms with Gasteiger partial charge in [0.15, 0.2) is 0 Å². The van der Waals surface area contributed by atoms with Crippen LogP contribution in [0.25, 0.3) is 0 Å². The van der Waals surface area contributed by atoms with Crippen molar-refractivity contribution in [3.05, 3.63) is 12.7 Å². The van der Waals surface area contributed by atoms with Gasteiger partial charge in [0.25, 0.3) is 0 Å². The molecule has 1 rings (SSSR count). The highest BCUT2D eigenvalue weighted by Crippen LogP contribution is 2.42. The van der Waals surface area contributed by atoms with Gasteiger partial charge in [-0.15, -0.1) is 6.58 Å². The Balaban J connectivity index is 2.73. The Morgan fingerprint density at radius 2 is 1.93 bits per heavy atom. The molecule has 3 heteroatoms. The number of hydrogen-bond donors (Lipinski definition) is 0. The second kappa shape index (κ2) is 4.30. The van der Waals surface area contributed by atoms with Gasteiger partial charge in [-0.2, -0.15) is 0 Å². The van der Waals surface area contributed by atoms with E-state index in [1.54, 1.807) is 0 Å². The molecule has 1 aliphatic rings. The average molecular weight is 210 g/mol. The Bertz CT molecular complexity index is 240. The predicted molar refractivity (Wildman–Crippen MR) is 64.9 cm³/mol. The summed E-state index contributed by atoms with van der Waals surface area (Å²) in [6, 6.07) is 0. The Labute approximate surface area is 94.2 Å². The maximum Gasteiger partial charge on any atom is 0.461 e. The van der Waals surface area contributed by atoms with E-state index in [-0.39, 0.29) is 18.3 Å². The third-order valence-corrected chi connectivity index (χ3v) is 3.74. The van der Waals surface area contributed by atoms with Crippen LogP contribution in [0.3, 0.4) is 0 Å². The molecule has 0 saturated carbocycles. The third-order valence-electron chi connectivity index (χ3n) is 3.74. The Morgan fingerprint density at radius 3 is 2.33 bits per heavy atom. The van der Waals surface area contributed by atoms with Gasteiger partial charge in [0, 0.05) is 0 Å². The van der Waals surface area contributed by atoms with Crippen molar-refractivity contribution in [3.63, 3.8) is 0 Å². The van der Waals surface area contributed by atoms with Gasteiger partial charge in [-0.05, 0) is 39.4 Å². The molecule has 2 atom stereocenters. The van der Waals surface area contributed by atoms with Gasteiger partial charge in [0.05, 0.1) is 11.2 Å². The van der Waals surface area contributed by atoms with E-state index < -0.39 is 0 Å². The molecule has 0 aromatic rings. The molecule has 0 aromatic heterocycles. The fourth-order valence-corrected chi connectivity index (χ4v) is 1.95.